The number of benzene rings is 1. The van der Waals surface area contributed by atoms with Gasteiger partial charge >= 0.3 is 0 Å². The number of aliphatic hydroxyl groups is 1. The van der Waals surface area contributed by atoms with Crippen molar-refractivity contribution in [3.8, 4) is 0 Å². The third kappa shape index (κ3) is 2.03. The summed E-state index contributed by atoms with van der Waals surface area (Å²) in [5, 5.41) is 14.0. The highest BCUT2D eigenvalue weighted by atomic mass is 32.2. The van der Waals surface area contributed by atoms with Gasteiger partial charge in [0.2, 0.25) is 0 Å². The number of thioether (sulfide) groups is 1. The van der Waals surface area contributed by atoms with E-state index in [0.717, 1.165) is 18.3 Å². The molecule has 21 heavy (non-hydrogen) atoms. The zero-order chi connectivity index (χ0) is 14.4. The van der Waals surface area contributed by atoms with Crippen LogP contribution in [0.3, 0.4) is 0 Å². The Hall–Kier alpha value is -1.30. The molecule has 1 N–H and O–H groups in total. The minimum absolute atomic E-state index is 0.187. The molecule has 0 saturated carbocycles. The van der Waals surface area contributed by atoms with Crippen LogP contribution in [0.5, 0.6) is 0 Å². The highest BCUT2D eigenvalue weighted by Gasteiger charge is 2.33. The van der Waals surface area contributed by atoms with Gasteiger partial charge in [-0.1, -0.05) is 23.9 Å². The standard InChI is InChI=1S/C16H16N2OS2/c1-10-2-3-12(15-11(10)5-9-20-15)14-13(4-8-19)21-16-17-6-7-18(14)16/h2-3,5,9,19H,4,6-8H2,1H3. The van der Waals surface area contributed by atoms with Crippen LogP contribution < -0.4 is 0 Å². The summed E-state index contributed by atoms with van der Waals surface area (Å²) < 4.78 is 1.34. The van der Waals surface area contributed by atoms with Crippen molar-refractivity contribution >= 4 is 44.0 Å². The molecule has 0 bridgehead atoms. The van der Waals surface area contributed by atoms with E-state index in [2.05, 4.69) is 40.4 Å². The predicted molar refractivity (Wildman–Crippen MR) is 91.8 cm³/mol. The van der Waals surface area contributed by atoms with E-state index < -0.39 is 0 Å². The van der Waals surface area contributed by atoms with Crippen LogP contribution in [-0.4, -0.2) is 34.9 Å². The van der Waals surface area contributed by atoms with Crippen LogP contribution in [0.15, 0.2) is 33.5 Å². The zero-order valence-corrected chi connectivity index (χ0v) is 13.4. The van der Waals surface area contributed by atoms with Gasteiger partial charge in [0.15, 0.2) is 5.17 Å². The molecule has 2 aromatic rings. The molecule has 0 radical (unpaired) electrons. The van der Waals surface area contributed by atoms with Crippen LogP contribution >= 0.6 is 23.1 Å². The molecule has 0 aliphatic carbocycles. The summed E-state index contributed by atoms with van der Waals surface area (Å²) in [7, 11) is 0. The number of nitrogens with zero attached hydrogens (tertiary/aromatic N) is 2. The van der Waals surface area contributed by atoms with Crippen molar-refractivity contribution in [2.24, 2.45) is 4.99 Å². The molecule has 4 rings (SSSR count). The van der Waals surface area contributed by atoms with Crippen LogP contribution in [0.2, 0.25) is 0 Å². The minimum atomic E-state index is 0.187. The summed E-state index contributed by atoms with van der Waals surface area (Å²) >= 11 is 3.52. The largest absolute Gasteiger partial charge is 0.396 e. The maximum Gasteiger partial charge on any atom is 0.168 e. The summed E-state index contributed by atoms with van der Waals surface area (Å²) in [5.74, 6) is 0. The predicted octanol–water partition coefficient (Wildman–Crippen LogP) is 3.68. The monoisotopic (exact) mass is 316 g/mol. The average molecular weight is 316 g/mol. The Morgan fingerprint density at radius 3 is 3.10 bits per heavy atom. The number of aliphatic hydroxyl groups excluding tert-OH is 1. The maximum atomic E-state index is 9.37. The van der Waals surface area contributed by atoms with E-state index in [4.69, 9.17) is 0 Å². The summed E-state index contributed by atoms with van der Waals surface area (Å²) in [4.78, 5) is 8.14. The molecule has 2 aliphatic rings. The number of aliphatic imine (C=N–C) groups is 1. The number of aryl methyl sites for hydroxylation is 1. The molecule has 1 aromatic carbocycles. The van der Waals surface area contributed by atoms with E-state index >= 15 is 0 Å². The van der Waals surface area contributed by atoms with Crippen molar-refractivity contribution in [1.82, 2.24) is 4.90 Å². The lowest BCUT2D eigenvalue weighted by Gasteiger charge is -2.18. The molecular weight excluding hydrogens is 300 g/mol. The van der Waals surface area contributed by atoms with Crippen LogP contribution in [0.4, 0.5) is 0 Å². The zero-order valence-electron chi connectivity index (χ0n) is 11.8. The average Bonchev–Trinajstić information content (AvgIpc) is 3.15. The number of rotatable bonds is 3. The maximum absolute atomic E-state index is 9.37. The molecule has 0 spiro atoms. The van der Waals surface area contributed by atoms with Gasteiger partial charge in [0.05, 0.1) is 12.2 Å². The van der Waals surface area contributed by atoms with Crippen molar-refractivity contribution in [1.29, 1.82) is 0 Å². The van der Waals surface area contributed by atoms with Gasteiger partial charge in [-0.3, -0.25) is 4.99 Å². The van der Waals surface area contributed by atoms with Gasteiger partial charge in [0, 0.05) is 34.7 Å². The van der Waals surface area contributed by atoms with Crippen molar-refractivity contribution in [3.05, 3.63) is 39.6 Å². The second kappa shape index (κ2) is 5.16. The first-order valence-electron chi connectivity index (χ1n) is 7.10. The quantitative estimate of drug-likeness (QED) is 0.938. The second-order valence-electron chi connectivity index (χ2n) is 5.26. The number of hydrogen-bond donors (Lipinski definition) is 1. The first kappa shape index (κ1) is 13.4. The number of hydrogen-bond acceptors (Lipinski definition) is 5. The minimum Gasteiger partial charge on any atom is -0.396 e. The van der Waals surface area contributed by atoms with E-state index in [9.17, 15) is 5.11 Å². The fourth-order valence-electron chi connectivity index (χ4n) is 2.99. The Morgan fingerprint density at radius 2 is 2.24 bits per heavy atom. The Bertz CT molecular complexity index is 776. The van der Waals surface area contributed by atoms with E-state index in [1.54, 1.807) is 23.1 Å². The second-order valence-corrected chi connectivity index (χ2v) is 7.23. The Morgan fingerprint density at radius 1 is 1.33 bits per heavy atom. The molecule has 0 unspecified atom stereocenters. The van der Waals surface area contributed by atoms with E-state index in [1.807, 2.05) is 0 Å². The topological polar surface area (TPSA) is 35.8 Å². The molecule has 108 valence electrons. The summed E-state index contributed by atoms with van der Waals surface area (Å²) in [5.41, 5.74) is 3.87. The van der Waals surface area contributed by atoms with Gasteiger partial charge in [-0.25, -0.2) is 0 Å². The molecule has 1 aromatic heterocycles. The normalized spacial score (nSPS) is 17.8. The number of fused-ring (bicyclic) bond motifs is 2. The summed E-state index contributed by atoms with van der Waals surface area (Å²) in [6.45, 7) is 4.17. The van der Waals surface area contributed by atoms with E-state index in [-0.39, 0.29) is 6.61 Å². The molecule has 0 saturated heterocycles. The summed E-state index contributed by atoms with van der Waals surface area (Å²) in [6, 6.07) is 6.62. The van der Waals surface area contributed by atoms with Crippen LogP contribution in [-0.2, 0) is 0 Å². The lowest BCUT2D eigenvalue weighted by molar-refractivity contribution is 0.301. The Labute approximate surface area is 132 Å². The smallest absolute Gasteiger partial charge is 0.168 e. The fourth-order valence-corrected chi connectivity index (χ4v) is 5.15. The van der Waals surface area contributed by atoms with Gasteiger partial charge < -0.3 is 10.0 Å². The molecule has 3 nitrogen and oxygen atoms in total. The summed E-state index contributed by atoms with van der Waals surface area (Å²) in [6.07, 6.45) is 0.705. The van der Waals surface area contributed by atoms with Crippen molar-refractivity contribution in [2.45, 2.75) is 13.3 Å². The first-order chi connectivity index (χ1) is 10.3. The van der Waals surface area contributed by atoms with Gasteiger partial charge in [0.1, 0.15) is 0 Å². The highest BCUT2D eigenvalue weighted by molar-refractivity contribution is 8.17. The first-order valence-corrected chi connectivity index (χ1v) is 8.80. The van der Waals surface area contributed by atoms with E-state index in [0.29, 0.717) is 6.42 Å². The Balaban J connectivity index is 1.92. The van der Waals surface area contributed by atoms with Gasteiger partial charge in [0.25, 0.3) is 0 Å². The molecule has 0 amide bonds. The van der Waals surface area contributed by atoms with Gasteiger partial charge in [-0.05, 0) is 29.3 Å². The van der Waals surface area contributed by atoms with Gasteiger partial charge in [-0.15, -0.1) is 11.3 Å². The third-order valence-electron chi connectivity index (χ3n) is 3.98. The Kier molecular flexibility index (Phi) is 3.28. The molecule has 3 heterocycles. The van der Waals surface area contributed by atoms with Crippen molar-refractivity contribution in [2.75, 3.05) is 19.7 Å². The lowest BCUT2D eigenvalue weighted by atomic mass is 10.0. The van der Waals surface area contributed by atoms with Crippen LogP contribution in [0, 0.1) is 6.92 Å². The van der Waals surface area contributed by atoms with Crippen molar-refractivity contribution < 1.29 is 5.11 Å². The van der Waals surface area contributed by atoms with Gasteiger partial charge in [-0.2, -0.15) is 0 Å². The van der Waals surface area contributed by atoms with Crippen molar-refractivity contribution in [3.63, 3.8) is 0 Å². The van der Waals surface area contributed by atoms with Crippen LogP contribution in [0.1, 0.15) is 17.5 Å². The molecular formula is C16H16N2OS2. The number of thiophene rings is 1. The third-order valence-corrected chi connectivity index (χ3v) is 6.10. The molecule has 2 aliphatic heterocycles. The SMILES string of the molecule is Cc1ccc(C2=C(CCO)SC3=NCCN32)c2sccc12. The van der Waals surface area contributed by atoms with Crippen LogP contribution in [0.25, 0.3) is 15.8 Å². The fraction of sp³-hybridized carbons (Fsp3) is 0.312. The highest BCUT2D eigenvalue weighted by Crippen LogP contribution is 2.45. The molecule has 0 atom stereocenters. The molecule has 0 fully saturated rings. The van der Waals surface area contributed by atoms with E-state index in [1.165, 1.54) is 31.8 Å². The lowest BCUT2D eigenvalue weighted by Crippen LogP contribution is -2.20. The molecule has 5 heteroatoms. The number of amidine groups is 1.